The SMILES string of the molecule is CC1CN(C(C)(C)CCc2ccccc2)C(=O)NC1=O. The Labute approximate surface area is 120 Å². The number of hydrogen-bond donors (Lipinski definition) is 1. The highest BCUT2D eigenvalue weighted by atomic mass is 16.2. The van der Waals surface area contributed by atoms with E-state index in [2.05, 4.69) is 31.3 Å². The second-order valence-electron chi connectivity index (χ2n) is 6.10. The van der Waals surface area contributed by atoms with Crippen LogP contribution in [0.3, 0.4) is 0 Å². The lowest BCUT2D eigenvalue weighted by Gasteiger charge is -2.42. The van der Waals surface area contributed by atoms with E-state index in [1.165, 1.54) is 5.56 Å². The Morgan fingerprint density at radius 2 is 1.90 bits per heavy atom. The van der Waals surface area contributed by atoms with Crippen LogP contribution in [0.4, 0.5) is 4.79 Å². The van der Waals surface area contributed by atoms with E-state index in [0.717, 1.165) is 12.8 Å². The molecule has 2 rings (SSSR count). The van der Waals surface area contributed by atoms with Gasteiger partial charge in [-0.25, -0.2) is 4.79 Å². The minimum absolute atomic E-state index is 0.149. The van der Waals surface area contributed by atoms with Crippen molar-refractivity contribution in [3.8, 4) is 0 Å². The molecule has 0 saturated carbocycles. The summed E-state index contributed by atoms with van der Waals surface area (Å²) in [5.74, 6) is -0.325. The van der Waals surface area contributed by atoms with Crippen LogP contribution in [0.5, 0.6) is 0 Å². The van der Waals surface area contributed by atoms with E-state index in [-0.39, 0.29) is 23.4 Å². The molecular weight excluding hydrogens is 252 g/mol. The Hall–Kier alpha value is -1.84. The van der Waals surface area contributed by atoms with Crippen molar-refractivity contribution in [3.05, 3.63) is 35.9 Å². The predicted molar refractivity (Wildman–Crippen MR) is 78.3 cm³/mol. The maximum absolute atomic E-state index is 12.0. The summed E-state index contributed by atoms with van der Waals surface area (Å²) >= 11 is 0. The molecule has 1 aliphatic heterocycles. The fourth-order valence-electron chi connectivity index (χ4n) is 2.49. The number of rotatable bonds is 4. The maximum Gasteiger partial charge on any atom is 0.324 e. The number of nitrogens with one attached hydrogen (secondary N) is 1. The van der Waals surface area contributed by atoms with E-state index in [4.69, 9.17) is 0 Å². The summed E-state index contributed by atoms with van der Waals surface area (Å²) in [4.78, 5) is 25.3. The summed E-state index contributed by atoms with van der Waals surface area (Å²) < 4.78 is 0. The van der Waals surface area contributed by atoms with Gasteiger partial charge < -0.3 is 4.90 Å². The number of nitrogens with zero attached hydrogens (tertiary/aromatic N) is 1. The van der Waals surface area contributed by atoms with Crippen LogP contribution < -0.4 is 5.32 Å². The number of hydrogen-bond acceptors (Lipinski definition) is 2. The van der Waals surface area contributed by atoms with E-state index in [0.29, 0.717) is 6.54 Å². The van der Waals surface area contributed by atoms with Crippen LogP contribution in [0, 0.1) is 5.92 Å². The molecule has 0 aromatic heterocycles. The minimum atomic E-state index is -0.272. The van der Waals surface area contributed by atoms with Crippen LogP contribution in [0.25, 0.3) is 0 Å². The average molecular weight is 274 g/mol. The zero-order chi connectivity index (χ0) is 14.8. The quantitative estimate of drug-likeness (QED) is 0.917. The van der Waals surface area contributed by atoms with Gasteiger partial charge in [-0.15, -0.1) is 0 Å². The lowest BCUT2D eigenvalue weighted by Crippen LogP contribution is -2.60. The molecule has 1 aliphatic rings. The van der Waals surface area contributed by atoms with Gasteiger partial charge in [-0.3, -0.25) is 10.1 Å². The molecule has 1 fully saturated rings. The summed E-state index contributed by atoms with van der Waals surface area (Å²) in [6.07, 6.45) is 1.78. The molecule has 20 heavy (non-hydrogen) atoms. The normalized spacial score (nSPS) is 19.9. The van der Waals surface area contributed by atoms with Gasteiger partial charge in [-0.1, -0.05) is 37.3 Å². The molecule has 3 amide bonds. The van der Waals surface area contributed by atoms with Gasteiger partial charge in [0.25, 0.3) is 0 Å². The van der Waals surface area contributed by atoms with Crippen molar-refractivity contribution >= 4 is 11.9 Å². The van der Waals surface area contributed by atoms with Crippen molar-refractivity contribution < 1.29 is 9.59 Å². The van der Waals surface area contributed by atoms with Crippen LogP contribution >= 0.6 is 0 Å². The molecule has 4 nitrogen and oxygen atoms in total. The first-order valence-corrected chi connectivity index (χ1v) is 7.06. The summed E-state index contributed by atoms with van der Waals surface area (Å²) in [6, 6.07) is 9.97. The van der Waals surface area contributed by atoms with Crippen molar-refractivity contribution in [1.82, 2.24) is 10.2 Å². The molecule has 0 spiro atoms. The molecule has 1 unspecified atom stereocenters. The second kappa shape index (κ2) is 5.65. The summed E-state index contributed by atoms with van der Waals surface area (Å²) in [5.41, 5.74) is 0.997. The van der Waals surface area contributed by atoms with Gasteiger partial charge in [-0.05, 0) is 32.3 Å². The fraction of sp³-hybridized carbons (Fsp3) is 0.500. The number of imide groups is 1. The molecule has 1 atom stereocenters. The maximum atomic E-state index is 12.0. The number of amides is 3. The second-order valence-corrected chi connectivity index (χ2v) is 6.10. The molecule has 4 heteroatoms. The van der Waals surface area contributed by atoms with Gasteiger partial charge in [0, 0.05) is 12.1 Å². The lowest BCUT2D eigenvalue weighted by atomic mass is 9.91. The third-order valence-electron chi connectivity index (χ3n) is 3.98. The van der Waals surface area contributed by atoms with E-state index < -0.39 is 0 Å². The van der Waals surface area contributed by atoms with Crippen molar-refractivity contribution in [2.24, 2.45) is 5.92 Å². The first kappa shape index (κ1) is 14.6. The molecular formula is C16H22N2O2. The number of benzene rings is 1. The van der Waals surface area contributed by atoms with Gasteiger partial charge in [-0.2, -0.15) is 0 Å². The topological polar surface area (TPSA) is 49.4 Å². The number of urea groups is 1. The Kier molecular flexibility index (Phi) is 4.12. The first-order valence-electron chi connectivity index (χ1n) is 7.06. The van der Waals surface area contributed by atoms with Gasteiger partial charge >= 0.3 is 6.03 Å². The Balaban J connectivity index is 2.02. The first-order chi connectivity index (χ1) is 9.40. The predicted octanol–water partition coefficient (Wildman–Crippen LogP) is 2.59. The molecule has 1 saturated heterocycles. The van der Waals surface area contributed by atoms with E-state index in [1.54, 1.807) is 4.90 Å². The van der Waals surface area contributed by atoms with E-state index in [9.17, 15) is 9.59 Å². The number of carbonyl (C=O) groups excluding carboxylic acids is 2. The highest BCUT2D eigenvalue weighted by Crippen LogP contribution is 2.24. The number of carbonyl (C=O) groups is 2. The van der Waals surface area contributed by atoms with Crippen LogP contribution in [0.1, 0.15) is 32.8 Å². The van der Waals surface area contributed by atoms with Gasteiger partial charge in [0.15, 0.2) is 0 Å². The standard InChI is InChI=1S/C16H22N2O2/c1-12-11-18(15(20)17-14(12)19)16(2,3)10-9-13-7-5-4-6-8-13/h4-8,12H,9-11H2,1-3H3,(H,17,19,20). The molecule has 1 aromatic carbocycles. The largest absolute Gasteiger partial charge is 0.324 e. The minimum Gasteiger partial charge on any atom is -0.319 e. The zero-order valence-electron chi connectivity index (χ0n) is 12.3. The molecule has 108 valence electrons. The third-order valence-corrected chi connectivity index (χ3v) is 3.98. The Bertz CT molecular complexity index is 496. The van der Waals surface area contributed by atoms with Crippen molar-refractivity contribution in [3.63, 3.8) is 0 Å². The summed E-state index contributed by atoms with van der Waals surface area (Å²) in [7, 11) is 0. The van der Waals surface area contributed by atoms with Crippen molar-refractivity contribution in [2.75, 3.05) is 6.54 Å². The molecule has 1 aromatic rings. The van der Waals surface area contributed by atoms with Crippen molar-refractivity contribution in [1.29, 1.82) is 0 Å². The van der Waals surface area contributed by atoms with Gasteiger partial charge in [0.05, 0.1) is 5.92 Å². The van der Waals surface area contributed by atoms with Crippen LogP contribution in [0.15, 0.2) is 30.3 Å². The molecule has 1 N–H and O–H groups in total. The van der Waals surface area contributed by atoms with E-state index >= 15 is 0 Å². The van der Waals surface area contributed by atoms with E-state index in [1.807, 2.05) is 25.1 Å². The van der Waals surface area contributed by atoms with Crippen LogP contribution in [0.2, 0.25) is 0 Å². The summed E-state index contributed by atoms with van der Waals surface area (Å²) in [6.45, 7) is 6.45. The van der Waals surface area contributed by atoms with Gasteiger partial charge in [0.2, 0.25) is 5.91 Å². The Morgan fingerprint density at radius 1 is 1.25 bits per heavy atom. The summed E-state index contributed by atoms with van der Waals surface area (Å²) in [5, 5.41) is 2.43. The highest BCUT2D eigenvalue weighted by molar-refractivity contribution is 5.98. The third kappa shape index (κ3) is 3.18. The molecule has 0 aliphatic carbocycles. The van der Waals surface area contributed by atoms with Crippen LogP contribution in [-0.2, 0) is 11.2 Å². The molecule has 1 heterocycles. The molecule has 0 radical (unpaired) electrons. The zero-order valence-corrected chi connectivity index (χ0v) is 12.3. The fourth-order valence-corrected chi connectivity index (χ4v) is 2.49. The average Bonchev–Trinajstić information content (AvgIpc) is 2.42. The number of aryl methyl sites for hydroxylation is 1. The monoisotopic (exact) mass is 274 g/mol. The highest BCUT2D eigenvalue weighted by Gasteiger charge is 2.37. The van der Waals surface area contributed by atoms with Crippen molar-refractivity contribution in [2.45, 2.75) is 39.2 Å². The lowest BCUT2D eigenvalue weighted by molar-refractivity contribution is -0.126. The Morgan fingerprint density at radius 3 is 2.55 bits per heavy atom. The molecule has 0 bridgehead atoms. The van der Waals surface area contributed by atoms with Crippen LogP contribution in [-0.4, -0.2) is 28.9 Å². The van der Waals surface area contributed by atoms with Gasteiger partial charge in [0.1, 0.15) is 0 Å². The smallest absolute Gasteiger partial charge is 0.319 e.